The van der Waals surface area contributed by atoms with E-state index in [1.165, 1.54) is 25.7 Å². The van der Waals surface area contributed by atoms with Gasteiger partial charge < -0.3 is 4.89 Å². The summed E-state index contributed by atoms with van der Waals surface area (Å²) in [5.74, 6) is 0. The number of unbranched alkanes of at least 4 members (excludes halogenated alkanes) is 8. The summed E-state index contributed by atoms with van der Waals surface area (Å²) in [5, 5.41) is 0. The van der Waals surface area contributed by atoms with E-state index in [9.17, 15) is 9.46 Å². The molecule has 0 aromatic rings. The second-order valence-electron chi connectivity index (χ2n) is 4.96. The van der Waals surface area contributed by atoms with Gasteiger partial charge in [-0.2, -0.15) is 0 Å². The van der Waals surface area contributed by atoms with Crippen molar-refractivity contribution in [1.29, 1.82) is 0 Å². The van der Waals surface area contributed by atoms with Crippen LogP contribution in [0.3, 0.4) is 0 Å². The van der Waals surface area contributed by atoms with Gasteiger partial charge in [0.05, 0.1) is 13.2 Å². The molecule has 0 atom stereocenters. The molecule has 0 unspecified atom stereocenters. The summed E-state index contributed by atoms with van der Waals surface area (Å²) in [7, 11) is -3.80. The van der Waals surface area contributed by atoms with Crippen molar-refractivity contribution < 1.29 is 59.3 Å². The first-order valence-electron chi connectivity index (χ1n) is 7.74. The molecule has 0 aromatic heterocycles. The van der Waals surface area contributed by atoms with Crippen LogP contribution in [0.4, 0.5) is 0 Å². The number of rotatable bonds is 14. The van der Waals surface area contributed by atoms with Gasteiger partial charge in [-0.1, -0.05) is 65.2 Å². The van der Waals surface area contributed by atoms with Crippen LogP contribution in [-0.4, -0.2) is 18.1 Å². The minimum atomic E-state index is -3.80. The molecular formula is C14H31NdO4P. The molecule has 0 spiro atoms. The molecule has 0 radical (unpaired) electrons. The average Bonchev–Trinajstić information content (AvgIpc) is 2.38. The second-order valence-corrected chi connectivity index (χ2v) is 6.42. The van der Waals surface area contributed by atoms with Crippen LogP contribution in [0.1, 0.15) is 78.1 Å². The largest absolute Gasteiger partial charge is 0.472 e. The van der Waals surface area contributed by atoms with Crippen LogP contribution >= 0.6 is 7.82 Å². The van der Waals surface area contributed by atoms with Gasteiger partial charge in [0.25, 0.3) is 0 Å². The van der Waals surface area contributed by atoms with E-state index in [1.807, 2.05) is 0 Å². The topological polar surface area (TPSA) is 55.8 Å². The van der Waals surface area contributed by atoms with Crippen molar-refractivity contribution in [2.24, 2.45) is 0 Å². The van der Waals surface area contributed by atoms with Crippen molar-refractivity contribution >= 4 is 7.82 Å². The average molecular weight is 439 g/mol. The van der Waals surface area contributed by atoms with E-state index in [0.717, 1.165) is 38.5 Å². The maximum Gasteiger partial charge on any atom is 0.472 e. The first-order chi connectivity index (χ1) is 9.12. The van der Waals surface area contributed by atoms with Crippen molar-refractivity contribution in [3.8, 4) is 0 Å². The molecule has 0 aromatic carbocycles. The van der Waals surface area contributed by atoms with Crippen LogP contribution < -0.4 is 0 Å². The van der Waals surface area contributed by atoms with Gasteiger partial charge in [-0.3, -0.25) is 9.05 Å². The summed E-state index contributed by atoms with van der Waals surface area (Å²) in [6.07, 6.45) is 10.9. The zero-order valence-electron chi connectivity index (χ0n) is 13.1. The molecule has 0 saturated carbocycles. The maximum atomic E-state index is 11.5. The molecule has 0 rings (SSSR count). The molecule has 1 N–H and O–H groups in total. The van der Waals surface area contributed by atoms with Gasteiger partial charge in [0.15, 0.2) is 0 Å². The van der Waals surface area contributed by atoms with Crippen LogP contribution in [0.25, 0.3) is 0 Å². The first-order valence-corrected chi connectivity index (χ1v) is 9.23. The standard InChI is InChI=1S/C14H31O4P.Nd/c1-3-5-7-9-11-13-17-19(15,16)18-14-12-10-8-6-4-2;/h3-14H2,1-2H3,(H,15,16);. The van der Waals surface area contributed by atoms with Crippen LogP contribution in [0, 0.1) is 40.8 Å². The van der Waals surface area contributed by atoms with E-state index >= 15 is 0 Å². The maximum absolute atomic E-state index is 11.5. The summed E-state index contributed by atoms with van der Waals surface area (Å²) in [6.45, 7) is 4.94. The molecule has 120 valence electrons. The zero-order valence-corrected chi connectivity index (χ0v) is 17.2. The third kappa shape index (κ3) is 17.5. The monoisotopic (exact) mass is 436 g/mol. The van der Waals surface area contributed by atoms with E-state index in [1.54, 1.807) is 0 Å². The third-order valence-corrected chi connectivity index (χ3v) is 4.02. The van der Waals surface area contributed by atoms with E-state index < -0.39 is 7.82 Å². The molecule has 20 heavy (non-hydrogen) atoms. The van der Waals surface area contributed by atoms with E-state index in [4.69, 9.17) is 9.05 Å². The Morgan fingerprint density at radius 2 is 1.10 bits per heavy atom. The summed E-state index contributed by atoms with van der Waals surface area (Å²) in [4.78, 5) is 9.43. The van der Waals surface area contributed by atoms with Crippen LogP contribution in [-0.2, 0) is 13.6 Å². The fourth-order valence-corrected chi connectivity index (χ4v) is 2.60. The molecule has 0 saturated heterocycles. The second kappa shape index (κ2) is 16.8. The Bertz CT molecular complexity index is 219. The number of hydrogen-bond donors (Lipinski definition) is 1. The number of phosphoric ester groups is 1. The normalized spacial score (nSPS) is 11.3. The van der Waals surface area contributed by atoms with Crippen molar-refractivity contribution in [2.75, 3.05) is 13.2 Å². The Morgan fingerprint density at radius 1 is 0.750 bits per heavy atom. The minimum absolute atomic E-state index is 0. The van der Waals surface area contributed by atoms with Crippen LogP contribution in [0.5, 0.6) is 0 Å². The number of hydrogen-bond acceptors (Lipinski definition) is 3. The molecule has 0 heterocycles. The SMILES string of the molecule is CCCCCCCOP(=O)(O)OCCCCCCC.[Nd]. The van der Waals surface area contributed by atoms with Gasteiger partial charge in [-0.15, -0.1) is 0 Å². The summed E-state index contributed by atoms with van der Waals surface area (Å²) in [5.41, 5.74) is 0. The fraction of sp³-hybridized carbons (Fsp3) is 1.00. The summed E-state index contributed by atoms with van der Waals surface area (Å²) in [6, 6.07) is 0. The molecule has 0 aliphatic carbocycles. The Balaban J connectivity index is 0. The van der Waals surface area contributed by atoms with Crippen LogP contribution in [0.2, 0.25) is 0 Å². The predicted molar refractivity (Wildman–Crippen MR) is 79.2 cm³/mol. The molecule has 0 aliphatic rings. The Labute approximate surface area is 157 Å². The van der Waals surface area contributed by atoms with Crippen molar-refractivity contribution in [3.63, 3.8) is 0 Å². The van der Waals surface area contributed by atoms with Gasteiger partial charge >= 0.3 is 7.82 Å². The Hall–Kier alpha value is 1.46. The predicted octanol–water partition coefficient (Wildman–Crippen LogP) is 5.06. The van der Waals surface area contributed by atoms with Crippen LogP contribution in [0.15, 0.2) is 0 Å². The van der Waals surface area contributed by atoms with Crippen molar-refractivity contribution in [3.05, 3.63) is 0 Å². The van der Waals surface area contributed by atoms with Gasteiger partial charge in [0.2, 0.25) is 0 Å². The summed E-state index contributed by atoms with van der Waals surface area (Å²) < 4.78 is 21.4. The summed E-state index contributed by atoms with van der Waals surface area (Å²) >= 11 is 0. The Kier molecular flexibility index (Phi) is 20.0. The molecule has 0 bridgehead atoms. The fourth-order valence-electron chi connectivity index (χ4n) is 1.81. The zero-order chi connectivity index (χ0) is 14.4. The van der Waals surface area contributed by atoms with Gasteiger partial charge in [0.1, 0.15) is 0 Å². The molecule has 0 aliphatic heterocycles. The third-order valence-electron chi connectivity index (χ3n) is 3.00. The smallest absolute Gasteiger partial charge is 0.302 e. The number of phosphoric acid groups is 1. The van der Waals surface area contributed by atoms with Crippen molar-refractivity contribution in [1.82, 2.24) is 0 Å². The molecule has 0 fully saturated rings. The van der Waals surface area contributed by atoms with E-state index in [0.29, 0.717) is 13.2 Å². The molecular weight excluding hydrogens is 407 g/mol. The van der Waals surface area contributed by atoms with Crippen molar-refractivity contribution in [2.45, 2.75) is 78.1 Å². The molecule has 4 nitrogen and oxygen atoms in total. The van der Waals surface area contributed by atoms with Gasteiger partial charge in [-0.05, 0) is 12.8 Å². The Morgan fingerprint density at radius 3 is 1.45 bits per heavy atom. The minimum Gasteiger partial charge on any atom is -0.302 e. The van der Waals surface area contributed by atoms with E-state index in [2.05, 4.69) is 13.8 Å². The molecule has 0 amide bonds. The van der Waals surface area contributed by atoms with Gasteiger partial charge in [0, 0.05) is 40.8 Å². The van der Waals surface area contributed by atoms with Gasteiger partial charge in [-0.25, -0.2) is 4.57 Å². The molecule has 6 heteroatoms. The quantitative estimate of drug-likeness (QED) is 0.304. The van der Waals surface area contributed by atoms with E-state index in [-0.39, 0.29) is 40.8 Å². The first kappa shape index (κ1) is 23.7.